The van der Waals surface area contributed by atoms with Crippen molar-refractivity contribution in [1.82, 2.24) is 15.2 Å². The van der Waals surface area contributed by atoms with Gasteiger partial charge in [-0.05, 0) is 42.5 Å². The molecule has 0 fully saturated rings. The van der Waals surface area contributed by atoms with Crippen LogP contribution >= 0.6 is 11.3 Å². The number of nitrogens with one attached hydrogen (secondary N) is 2. The second-order valence-electron chi connectivity index (χ2n) is 7.88. The second kappa shape index (κ2) is 8.51. The zero-order chi connectivity index (χ0) is 21.2. The van der Waals surface area contributed by atoms with Gasteiger partial charge in [0.2, 0.25) is 0 Å². The van der Waals surface area contributed by atoms with E-state index in [9.17, 15) is 4.79 Å². The molecule has 0 bridgehead atoms. The number of hydrogen-bond acceptors (Lipinski definition) is 6. The van der Waals surface area contributed by atoms with Gasteiger partial charge in [-0.25, -0.2) is 4.98 Å². The summed E-state index contributed by atoms with van der Waals surface area (Å²) in [6.07, 6.45) is 2.93. The van der Waals surface area contributed by atoms with Crippen LogP contribution in [0.4, 0.5) is 5.13 Å². The SMILES string of the molecule is CN(C(=O)c1ccccc1)C1CCc2c(-c3csc(NC4=NCCCN4)n3)cccc21. The number of guanidine groups is 1. The predicted molar refractivity (Wildman–Crippen MR) is 126 cm³/mol. The van der Waals surface area contributed by atoms with Crippen molar-refractivity contribution in [2.45, 2.75) is 25.3 Å². The highest BCUT2D eigenvalue weighted by atomic mass is 32.1. The molecule has 6 nitrogen and oxygen atoms in total. The van der Waals surface area contributed by atoms with Crippen molar-refractivity contribution >= 4 is 28.3 Å². The molecule has 31 heavy (non-hydrogen) atoms. The molecule has 0 spiro atoms. The summed E-state index contributed by atoms with van der Waals surface area (Å²) in [7, 11) is 1.91. The normalized spacial score (nSPS) is 17.5. The van der Waals surface area contributed by atoms with Gasteiger partial charge < -0.3 is 15.5 Å². The number of carbonyl (C=O) groups excluding carboxylic acids is 1. The zero-order valence-corrected chi connectivity index (χ0v) is 18.3. The van der Waals surface area contributed by atoms with Crippen molar-refractivity contribution in [1.29, 1.82) is 0 Å². The smallest absolute Gasteiger partial charge is 0.254 e. The summed E-state index contributed by atoms with van der Waals surface area (Å²) in [5.41, 5.74) is 5.38. The molecule has 2 N–H and O–H groups in total. The number of aliphatic imine (C=N–C) groups is 1. The number of carbonyl (C=O) groups is 1. The van der Waals surface area contributed by atoms with Gasteiger partial charge in [-0.2, -0.15) is 0 Å². The lowest BCUT2D eigenvalue weighted by atomic mass is 10.00. The van der Waals surface area contributed by atoms with Gasteiger partial charge in [-0.3, -0.25) is 9.79 Å². The van der Waals surface area contributed by atoms with Crippen LogP contribution in [0.15, 0.2) is 58.9 Å². The molecule has 1 aromatic heterocycles. The molecule has 1 amide bonds. The molecule has 158 valence electrons. The van der Waals surface area contributed by atoms with Crippen molar-refractivity contribution in [2.75, 3.05) is 25.5 Å². The van der Waals surface area contributed by atoms with Crippen LogP contribution in [-0.2, 0) is 6.42 Å². The van der Waals surface area contributed by atoms with E-state index in [4.69, 9.17) is 4.98 Å². The van der Waals surface area contributed by atoms with Gasteiger partial charge in [-0.1, -0.05) is 36.4 Å². The summed E-state index contributed by atoms with van der Waals surface area (Å²) in [4.78, 5) is 24.1. The minimum atomic E-state index is 0.0600. The van der Waals surface area contributed by atoms with Crippen LogP contribution in [0.5, 0.6) is 0 Å². The molecule has 5 rings (SSSR count). The Labute approximate surface area is 186 Å². The van der Waals surface area contributed by atoms with Crippen molar-refractivity contribution in [3.05, 3.63) is 70.6 Å². The first kappa shape index (κ1) is 19.8. The molecule has 2 aromatic carbocycles. The van der Waals surface area contributed by atoms with Crippen LogP contribution in [0.25, 0.3) is 11.3 Å². The highest BCUT2D eigenvalue weighted by Gasteiger charge is 2.31. The van der Waals surface area contributed by atoms with E-state index in [0.29, 0.717) is 0 Å². The number of aromatic nitrogens is 1. The number of nitrogens with zero attached hydrogens (tertiary/aromatic N) is 3. The molecule has 2 aliphatic rings. The highest BCUT2D eigenvalue weighted by molar-refractivity contribution is 7.14. The summed E-state index contributed by atoms with van der Waals surface area (Å²) in [5, 5.41) is 9.49. The number of amides is 1. The number of hydrogen-bond donors (Lipinski definition) is 2. The van der Waals surface area contributed by atoms with Gasteiger partial charge in [0.05, 0.1) is 11.7 Å². The molecule has 1 unspecified atom stereocenters. The van der Waals surface area contributed by atoms with E-state index in [1.54, 1.807) is 11.3 Å². The molecule has 2 heterocycles. The maximum absolute atomic E-state index is 13.0. The van der Waals surface area contributed by atoms with Crippen molar-refractivity contribution < 1.29 is 4.79 Å². The number of thiazole rings is 1. The molecule has 1 atom stereocenters. The number of fused-ring (bicyclic) bond motifs is 1. The number of benzene rings is 2. The van der Waals surface area contributed by atoms with Crippen LogP contribution in [-0.4, -0.2) is 41.9 Å². The number of anilines is 1. The van der Waals surface area contributed by atoms with Gasteiger partial charge in [0.25, 0.3) is 5.91 Å². The van der Waals surface area contributed by atoms with Gasteiger partial charge in [-0.15, -0.1) is 11.3 Å². The maximum Gasteiger partial charge on any atom is 0.254 e. The Morgan fingerprint density at radius 3 is 2.87 bits per heavy atom. The van der Waals surface area contributed by atoms with Gasteiger partial charge in [0.1, 0.15) is 0 Å². The molecule has 0 saturated heterocycles. The van der Waals surface area contributed by atoms with Crippen molar-refractivity contribution in [2.24, 2.45) is 4.99 Å². The van der Waals surface area contributed by atoms with E-state index in [-0.39, 0.29) is 11.9 Å². The molecular weight excluding hydrogens is 406 g/mol. The van der Waals surface area contributed by atoms with Crippen LogP contribution in [0.3, 0.4) is 0 Å². The fourth-order valence-corrected chi connectivity index (χ4v) is 5.08. The van der Waals surface area contributed by atoms with Gasteiger partial charge in [0.15, 0.2) is 11.1 Å². The molecule has 0 radical (unpaired) electrons. The standard InChI is InChI=1S/C24H25N5OS/c1-29(22(30)16-7-3-2-4-8-16)21-12-11-17-18(9-5-10-19(17)21)20-15-31-24(27-20)28-23-25-13-6-14-26-23/h2-5,7-10,15,21H,6,11-14H2,1H3,(H2,25,26,27,28). The van der Waals surface area contributed by atoms with Gasteiger partial charge in [0, 0.05) is 36.6 Å². The topological polar surface area (TPSA) is 69.6 Å². The first-order chi connectivity index (χ1) is 15.2. The second-order valence-corrected chi connectivity index (χ2v) is 8.74. The zero-order valence-electron chi connectivity index (χ0n) is 17.5. The lowest BCUT2D eigenvalue weighted by Crippen LogP contribution is -2.35. The summed E-state index contributed by atoms with van der Waals surface area (Å²) >= 11 is 1.59. The van der Waals surface area contributed by atoms with E-state index in [2.05, 4.69) is 39.2 Å². The van der Waals surface area contributed by atoms with Crippen molar-refractivity contribution in [3.63, 3.8) is 0 Å². The van der Waals surface area contributed by atoms with Crippen molar-refractivity contribution in [3.8, 4) is 11.3 Å². The Morgan fingerprint density at radius 2 is 2.06 bits per heavy atom. The Hall–Kier alpha value is -3.19. The molecule has 3 aromatic rings. The third kappa shape index (κ3) is 3.93. The van der Waals surface area contributed by atoms with Crippen LogP contribution in [0.2, 0.25) is 0 Å². The monoisotopic (exact) mass is 431 g/mol. The third-order valence-electron chi connectivity index (χ3n) is 5.95. The minimum Gasteiger partial charge on any atom is -0.356 e. The molecule has 0 saturated carbocycles. The average molecular weight is 432 g/mol. The lowest BCUT2D eigenvalue weighted by Gasteiger charge is -2.25. The first-order valence-corrected chi connectivity index (χ1v) is 11.5. The fourth-order valence-electron chi connectivity index (χ4n) is 4.37. The highest BCUT2D eigenvalue weighted by Crippen LogP contribution is 2.41. The van der Waals surface area contributed by atoms with E-state index >= 15 is 0 Å². The molecule has 1 aliphatic heterocycles. The Bertz CT molecular complexity index is 1120. The molecule has 7 heteroatoms. The fraction of sp³-hybridized carbons (Fsp3) is 0.292. The maximum atomic E-state index is 13.0. The Balaban J connectivity index is 1.38. The van der Waals surface area contributed by atoms with E-state index in [1.165, 1.54) is 11.1 Å². The molecular formula is C24H25N5OS. The molecule has 1 aliphatic carbocycles. The summed E-state index contributed by atoms with van der Waals surface area (Å²) in [6, 6.07) is 15.9. The van der Waals surface area contributed by atoms with Gasteiger partial charge >= 0.3 is 0 Å². The van der Waals surface area contributed by atoms with E-state index < -0.39 is 0 Å². The minimum absolute atomic E-state index is 0.0600. The van der Waals surface area contributed by atoms with Crippen LogP contribution in [0, 0.1) is 0 Å². The lowest BCUT2D eigenvalue weighted by molar-refractivity contribution is 0.0730. The quantitative estimate of drug-likeness (QED) is 0.645. The van der Waals surface area contributed by atoms with Crippen LogP contribution in [0.1, 0.15) is 40.4 Å². The Morgan fingerprint density at radius 1 is 1.19 bits per heavy atom. The first-order valence-electron chi connectivity index (χ1n) is 10.7. The average Bonchev–Trinajstić information content (AvgIpc) is 3.46. The van der Waals surface area contributed by atoms with E-state index in [1.807, 2.05) is 42.3 Å². The summed E-state index contributed by atoms with van der Waals surface area (Å²) in [6.45, 7) is 1.78. The Kier molecular flexibility index (Phi) is 5.42. The van der Waals surface area contributed by atoms with Crippen LogP contribution < -0.4 is 10.6 Å². The number of rotatable bonds is 4. The third-order valence-corrected chi connectivity index (χ3v) is 6.71. The van der Waals surface area contributed by atoms with E-state index in [0.717, 1.165) is 60.3 Å². The largest absolute Gasteiger partial charge is 0.356 e. The summed E-state index contributed by atoms with van der Waals surface area (Å²) in [5.74, 6) is 0.858. The predicted octanol–water partition coefficient (Wildman–Crippen LogP) is 4.33. The summed E-state index contributed by atoms with van der Waals surface area (Å²) < 4.78 is 0.